The van der Waals surface area contributed by atoms with Crippen LogP contribution in [0.5, 0.6) is 0 Å². The minimum absolute atomic E-state index is 0.0253. The van der Waals surface area contributed by atoms with E-state index in [2.05, 4.69) is 67.5 Å². The van der Waals surface area contributed by atoms with Gasteiger partial charge in [-0.05, 0) is 42.3 Å². The summed E-state index contributed by atoms with van der Waals surface area (Å²) in [5, 5.41) is 0. The number of hydrogen-bond donors (Lipinski definition) is 0. The molecule has 0 radical (unpaired) electrons. The van der Waals surface area contributed by atoms with E-state index in [0.717, 1.165) is 6.42 Å². The van der Waals surface area contributed by atoms with Gasteiger partial charge in [0.2, 0.25) is 8.32 Å². The smallest absolute Gasteiger partial charge is 0.200 e. The summed E-state index contributed by atoms with van der Waals surface area (Å²) in [6.45, 7) is 19.0. The van der Waals surface area contributed by atoms with Crippen molar-refractivity contribution in [2.45, 2.75) is 115 Å². The van der Waals surface area contributed by atoms with E-state index >= 15 is 0 Å². The second-order valence-corrected chi connectivity index (χ2v) is 15.6. The lowest BCUT2D eigenvalue weighted by molar-refractivity contribution is -0.154. The van der Waals surface area contributed by atoms with Crippen molar-refractivity contribution < 1.29 is 9.16 Å². The molecule has 1 spiro atoms. The average molecular weight is 365 g/mol. The molecular weight excluding hydrogens is 324 g/mol. The van der Waals surface area contributed by atoms with E-state index in [1.54, 1.807) is 0 Å². The van der Waals surface area contributed by atoms with Crippen molar-refractivity contribution in [3.05, 3.63) is 12.2 Å². The fourth-order valence-electron chi connectivity index (χ4n) is 6.56. The topological polar surface area (TPSA) is 18.5 Å². The maximum atomic E-state index is 7.26. The van der Waals surface area contributed by atoms with Gasteiger partial charge in [0.15, 0.2) is 0 Å². The first kappa shape index (κ1) is 19.6. The largest absolute Gasteiger partial charge is 0.410 e. The number of ether oxygens (including phenoxy) is 1. The lowest BCUT2D eigenvalue weighted by Gasteiger charge is -2.48. The third-order valence-electron chi connectivity index (χ3n) is 7.88. The summed E-state index contributed by atoms with van der Waals surface area (Å²) in [5.41, 5.74) is 1.66. The molecule has 144 valence electrons. The van der Waals surface area contributed by atoms with Crippen LogP contribution in [0.25, 0.3) is 0 Å². The first-order valence-corrected chi connectivity index (χ1v) is 12.8. The van der Waals surface area contributed by atoms with Crippen molar-refractivity contribution in [2.24, 2.45) is 11.8 Å². The van der Waals surface area contributed by atoms with Crippen molar-refractivity contribution in [3.63, 3.8) is 0 Å². The lowest BCUT2D eigenvalue weighted by atomic mass is 9.67. The van der Waals surface area contributed by atoms with Crippen LogP contribution in [0.1, 0.15) is 81.1 Å². The summed E-state index contributed by atoms with van der Waals surface area (Å²) in [4.78, 5) is 0. The molecule has 2 heterocycles. The van der Waals surface area contributed by atoms with Crippen LogP contribution < -0.4 is 0 Å². The fraction of sp³-hybridized carbons (Fsp3) is 0.909. The third kappa shape index (κ3) is 2.80. The molecule has 2 fully saturated rings. The SMILES string of the molecule is CC(C)[Si](O[C@@H]1C[C@]23O[C@@]1(C)C=C[C@H]2CCC[C@@H]3C)(C(C)C)C(C)C. The molecule has 0 unspecified atom stereocenters. The van der Waals surface area contributed by atoms with Crippen LogP contribution in [0.3, 0.4) is 0 Å². The van der Waals surface area contributed by atoms with Gasteiger partial charge in [-0.15, -0.1) is 0 Å². The van der Waals surface area contributed by atoms with Gasteiger partial charge >= 0.3 is 0 Å². The fourth-order valence-corrected chi connectivity index (χ4v) is 12.2. The highest BCUT2D eigenvalue weighted by Gasteiger charge is 2.63. The molecule has 0 aromatic carbocycles. The van der Waals surface area contributed by atoms with Crippen molar-refractivity contribution in [1.82, 2.24) is 0 Å². The Hall–Kier alpha value is -0.123. The Balaban J connectivity index is 1.95. The van der Waals surface area contributed by atoms with Crippen LogP contribution in [0, 0.1) is 11.8 Å². The maximum absolute atomic E-state index is 7.26. The zero-order valence-electron chi connectivity index (χ0n) is 17.8. The van der Waals surface area contributed by atoms with E-state index in [9.17, 15) is 0 Å². The molecule has 2 aliphatic heterocycles. The summed E-state index contributed by atoms with van der Waals surface area (Å²) >= 11 is 0. The highest BCUT2D eigenvalue weighted by atomic mass is 28.4. The van der Waals surface area contributed by atoms with E-state index < -0.39 is 8.32 Å². The number of rotatable bonds is 5. The van der Waals surface area contributed by atoms with Crippen LogP contribution in [-0.4, -0.2) is 25.6 Å². The van der Waals surface area contributed by atoms with Crippen LogP contribution in [-0.2, 0) is 9.16 Å². The average Bonchev–Trinajstić information content (AvgIpc) is 2.73. The normalized spacial score (nSPS) is 41.0. The van der Waals surface area contributed by atoms with Gasteiger partial charge in [0.25, 0.3) is 0 Å². The standard InChI is InChI=1S/C22H40O2Si/c1-15(2)25(16(3)4,17(5)6)23-20-14-22-18(7)10-9-11-19(22)12-13-21(20,8)24-22/h12-13,15-20H,9-11,14H2,1-8H3/t18-,19+,20+,21-,22+/m0/s1. The summed E-state index contributed by atoms with van der Waals surface area (Å²) in [7, 11) is -1.90. The molecule has 2 bridgehead atoms. The zero-order chi connectivity index (χ0) is 18.6. The third-order valence-corrected chi connectivity index (χ3v) is 14.0. The lowest BCUT2D eigenvalue weighted by Crippen LogP contribution is -2.53. The molecular formula is C22H40O2Si. The maximum Gasteiger partial charge on any atom is 0.200 e. The molecule has 3 heteroatoms. The van der Waals surface area contributed by atoms with E-state index in [-0.39, 0.29) is 17.3 Å². The van der Waals surface area contributed by atoms with Crippen molar-refractivity contribution >= 4 is 8.32 Å². The summed E-state index contributed by atoms with van der Waals surface area (Å²) < 4.78 is 14.2. The summed E-state index contributed by atoms with van der Waals surface area (Å²) in [6, 6.07) is 0. The molecule has 1 saturated carbocycles. The van der Waals surface area contributed by atoms with E-state index in [0.29, 0.717) is 28.5 Å². The Morgan fingerprint density at radius 3 is 2.20 bits per heavy atom. The second-order valence-electron chi connectivity index (χ2n) is 10.2. The first-order chi connectivity index (χ1) is 11.6. The predicted molar refractivity (Wildman–Crippen MR) is 108 cm³/mol. The highest BCUT2D eigenvalue weighted by molar-refractivity contribution is 6.77. The second kappa shape index (κ2) is 6.49. The van der Waals surface area contributed by atoms with Gasteiger partial charge < -0.3 is 9.16 Å². The van der Waals surface area contributed by atoms with Gasteiger partial charge in [0.05, 0.1) is 11.7 Å². The summed E-state index contributed by atoms with van der Waals surface area (Å²) in [5.74, 6) is 1.23. The van der Waals surface area contributed by atoms with Crippen LogP contribution >= 0.6 is 0 Å². The van der Waals surface area contributed by atoms with Gasteiger partial charge in [-0.3, -0.25) is 0 Å². The molecule has 5 atom stereocenters. The van der Waals surface area contributed by atoms with E-state index in [4.69, 9.17) is 9.16 Å². The van der Waals surface area contributed by atoms with Crippen LogP contribution in [0.15, 0.2) is 12.2 Å². The molecule has 0 aromatic rings. The molecule has 2 nitrogen and oxygen atoms in total. The van der Waals surface area contributed by atoms with E-state index in [1.807, 2.05) is 0 Å². The Labute approximate surface area is 156 Å². The Kier molecular flexibility index (Phi) is 5.10. The van der Waals surface area contributed by atoms with Crippen molar-refractivity contribution in [2.75, 3.05) is 0 Å². The quantitative estimate of drug-likeness (QED) is 0.411. The van der Waals surface area contributed by atoms with Gasteiger partial charge in [-0.1, -0.05) is 67.0 Å². The van der Waals surface area contributed by atoms with Gasteiger partial charge in [0.1, 0.15) is 5.60 Å². The van der Waals surface area contributed by atoms with Crippen molar-refractivity contribution in [1.29, 1.82) is 0 Å². The van der Waals surface area contributed by atoms with Crippen molar-refractivity contribution in [3.8, 4) is 0 Å². The molecule has 0 N–H and O–H groups in total. The van der Waals surface area contributed by atoms with Gasteiger partial charge in [-0.25, -0.2) is 0 Å². The van der Waals surface area contributed by atoms with Crippen LogP contribution in [0.4, 0.5) is 0 Å². The molecule has 25 heavy (non-hydrogen) atoms. The number of hydrogen-bond acceptors (Lipinski definition) is 2. The highest BCUT2D eigenvalue weighted by Crippen LogP contribution is 2.58. The first-order valence-electron chi connectivity index (χ1n) is 10.7. The number of fused-ring (bicyclic) bond motifs is 1. The zero-order valence-corrected chi connectivity index (χ0v) is 18.8. The molecule has 0 amide bonds. The summed E-state index contributed by atoms with van der Waals surface area (Å²) in [6.07, 6.45) is 10.1. The molecule has 0 aromatic heterocycles. The Morgan fingerprint density at radius 2 is 1.64 bits per heavy atom. The predicted octanol–water partition coefficient (Wildman–Crippen LogP) is 6.47. The molecule has 3 rings (SSSR count). The van der Waals surface area contributed by atoms with Crippen LogP contribution in [0.2, 0.25) is 16.6 Å². The molecule has 3 aliphatic rings. The minimum atomic E-state index is -1.90. The van der Waals surface area contributed by atoms with E-state index in [1.165, 1.54) is 19.3 Å². The van der Waals surface area contributed by atoms with Gasteiger partial charge in [0, 0.05) is 12.3 Å². The Bertz CT molecular complexity index is 504. The minimum Gasteiger partial charge on any atom is -0.410 e. The monoisotopic (exact) mass is 364 g/mol. The molecule has 1 aliphatic carbocycles. The molecule has 1 saturated heterocycles. The Morgan fingerprint density at radius 1 is 1.04 bits per heavy atom. The van der Waals surface area contributed by atoms with Gasteiger partial charge in [-0.2, -0.15) is 0 Å².